The molecule has 4 rings (SSSR count). The van der Waals surface area contributed by atoms with Crippen LogP contribution in [0.15, 0.2) is 47.3 Å². The van der Waals surface area contributed by atoms with Crippen LogP contribution in [0.1, 0.15) is 61.2 Å². The molecular weight excluding hydrogens is 668 g/mol. The van der Waals surface area contributed by atoms with E-state index in [4.69, 9.17) is 15.9 Å². The summed E-state index contributed by atoms with van der Waals surface area (Å²) in [5, 5.41) is 57.9. The largest absolute Gasteiger partial charge is 0.508 e. The molecule has 0 saturated carbocycles. The van der Waals surface area contributed by atoms with Crippen LogP contribution >= 0.6 is 0 Å². The number of amides is 2. The van der Waals surface area contributed by atoms with Gasteiger partial charge in [-0.25, -0.2) is 4.79 Å². The highest BCUT2D eigenvalue weighted by Crippen LogP contribution is 2.26. The number of phenols is 1. The molecule has 3 aromatic rings. The highest BCUT2D eigenvalue weighted by Gasteiger charge is 2.30. The van der Waals surface area contributed by atoms with Gasteiger partial charge in [-0.05, 0) is 69.2 Å². The fourth-order valence-corrected chi connectivity index (χ4v) is 4.85. The van der Waals surface area contributed by atoms with E-state index in [0.717, 1.165) is 0 Å². The van der Waals surface area contributed by atoms with Gasteiger partial charge in [0.15, 0.2) is 11.5 Å². The lowest BCUT2D eigenvalue weighted by molar-refractivity contribution is -0.140. The second-order valence-electron chi connectivity index (χ2n) is 12.6. The molecule has 276 valence electrons. The summed E-state index contributed by atoms with van der Waals surface area (Å²) >= 11 is 0. The predicted molar refractivity (Wildman–Crippen MR) is 188 cm³/mol. The molecule has 2 amide bonds. The van der Waals surface area contributed by atoms with Crippen molar-refractivity contribution in [3.05, 3.63) is 69.5 Å². The van der Waals surface area contributed by atoms with Crippen LogP contribution in [0.25, 0.3) is 0 Å². The molecule has 18 nitrogen and oxygen atoms in total. The third kappa shape index (κ3) is 11.7. The molecule has 12 N–H and O–H groups in total. The highest BCUT2D eigenvalue weighted by molar-refractivity contribution is 5.97. The number of anilines is 4. The number of rotatable bonds is 14. The Hall–Kier alpha value is -5.72. The Morgan fingerprint density at radius 3 is 2.41 bits per heavy atom. The number of H-pyrrole nitrogens is 1. The number of carboxylic acid groups (broad SMARTS) is 2. The number of aliphatic carboxylic acids is 2. The second kappa shape index (κ2) is 17.8. The van der Waals surface area contributed by atoms with Crippen molar-refractivity contribution < 1.29 is 44.7 Å². The number of fused-ring (bicyclic) bond motifs is 1. The normalized spacial score (nSPS) is 14.8. The van der Waals surface area contributed by atoms with Crippen LogP contribution in [0.5, 0.6) is 5.75 Å². The van der Waals surface area contributed by atoms with Crippen molar-refractivity contribution in [2.75, 3.05) is 40.9 Å². The average Bonchev–Trinajstić information content (AvgIpc) is 3.07. The van der Waals surface area contributed by atoms with Gasteiger partial charge >= 0.3 is 11.9 Å². The number of aromatic nitrogens is 2. The van der Waals surface area contributed by atoms with Crippen LogP contribution in [0.4, 0.5) is 23.1 Å². The number of carbonyl (C=O) groups is 4. The number of β-amino-alcohol motifs (C(OH)–C–C–N with tert-alkyl or cyclic N) is 1. The third-order valence-corrected chi connectivity index (χ3v) is 7.61. The van der Waals surface area contributed by atoms with Crippen molar-refractivity contribution in [3.63, 3.8) is 0 Å². The molecule has 1 aromatic heterocycles. The summed E-state index contributed by atoms with van der Waals surface area (Å²) in [5.74, 6) is -2.96. The number of aliphatic hydroxyl groups is 2. The van der Waals surface area contributed by atoms with E-state index >= 15 is 0 Å². The smallest absolute Gasteiger partial charge is 0.326 e. The summed E-state index contributed by atoms with van der Waals surface area (Å²) in [5.41, 5.74) is 6.89. The van der Waals surface area contributed by atoms with Crippen LogP contribution in [0, 0.1) is 0 Å². The molecule has 0 fully saturated rings. The standard InChI is InChI=1S/C20H23N7O7.C13H21NO3/c21-20-25-16-15(18(32)26-20)27(9-28)12(8-23-16)7-22-11-3-1-10(2-4-11)17(31)24-13(19(33)34)5-6-14(29)30;1-13(2,3)14-7-12(17)9-4-5-11(16)10(6-9)8-15/h1-4,9,12-13,22H,5-8H2,(H,24,31)(H,29,30)(H,33,34)(H4,21,23,25,26,32);4-6,12,14-17H,7-8H2,1-3H3/t12-,13-;12-/m00/s1. The summed E-state index contributed by atoms with van der Waals surface area (Å²) in [6, 6.07) is 9.12. The predicted octanol–water partition coefficient (Wildman–Crippen LogP) is 0.575. The molecule has 0 saturated heterocycles. The number of benzene rings is 2. The van der Waals surface area contributed by atoms with E-state index < -0.39 is 48.0 Å². The molecule has 0 radical (unpaired) electrons. The third-order valence-electron chi connectivity index (χ3n) is 7.61. The lowest BCUT2D eigenvalue weighted by Crippen LogP contribution is -2.50. The van der Waals surface area contributed by atoms with Gasteiger partial charge in [-0.2, -0.15) is 4.98 Å². The number of aromatic hydroxyl groups is 1. The van der Waals surface area contributed by atoms with Gasteiger partial charge < -0.3 is 57.4 Å². The minimum Gasteiger partial charge on any atom is -0.508 e. The minimum atomic E-state index is -1.33. The van der Waals surface area contributed by atoms with Crippen molar-refractivity contribution in [2.45, 2.75) is 63.9 Å². The van der Waals surface area contributed by atoms with Gasteiger partial charge in [0.05, 0.1) is 18.8 Å². The SMILES string of the molecule is CC(C)(C)NC[C@H](O)c1ccc(O)c(CO)c1.Nc1nc2c(c(=O)[nH]1)N(C=O)[C@@H](CNc1ccc(C(=O)N[C@@H](CCC(=O)O)C(=O)O)cc1)CN2. The Morgan fingerprint density at radius 2 is 1.82 bits per heavy atom. The van der Waals surface area contributed by atoms with Crippen LogP contribution in [-0.2, 0) is 21.0 Å². The zero-order valence-corrected chi connectivity index (χ0v) is 28.3. The number of nitrogen functional groups attached to an aromatic ring is 1. The molecular formula is C33H44N8O10. The van der Waals surface area contributed by atoms with Crippen LogP contribution < -0.4 is 37.5 Å². The van der Waals surface area contributed by atoms with Gasteiger partial charge in [0, 0.05) is 48.4 Å². The molecule has 0 spiro atoms. The Labute approximate surface area is 292 Å². The number of nitrogens with zero attached hydrogens (tertiary/aromatic N) is 2. The minimum absolute atomic E-state index is 0.0484. The molecule has 18 heteroatoms. The quantitative estimate of drug-likeness (QED) is 0.102. The van der Waals surface area contributed by atoms with Crippen molar-refractivity contribution in [3.8, 4) is 5.75 Å². The van der Waals surface area contributed by atoms with Crippen molar-refractivity contribution in [1.82, 2.24) is 20.6 Å². The first-order chi connectivity index (χ1) is 24.0. The van der Waals surface area contributed by atoms with E-state index in [1.54, 1.807) is 24.3 Å². The first-order valence-corrected chi connectivity index (χ1v) is 15.8. The van der Waals surface area contributed by atoms with E-state index in [0.29, 0.717) is 36.3 Å². The average molecular weight is 713 g/mol. The number of carbonyl (C=O) groups excluding carboxylic acids is 2. The lowest BCUT2D eigenvalue weighted by atomic mass is 10.0. The number of carboxylic acids is 2. The Kier molecular flexibility index (Phi) is 13.9. The summed E-state index contributed by atoms with van der Waals surface area (Å²) in [6.07, 6.45) is -0.754. The fraction of sp³-hybridized carbons (Fsp3) is 0.394. The number of nitrogens with one attached hydrogen (secondary N) is 5. The van der Waals surface area contributed by atoms with Crippen molar-refractivity contribution >= 4 is 47.4 Å². The number of hydrogen-bond acceptors (Lipinski definition) is 13. The van der Waals surface area contributed by atoms with Gasteiger partial charge in [-0.15, -0.1) is 0 Å². The molecule has 0 bridgehead atoms. The summed E-state index contributed by atoms with van der Waals surface area (Å²) in [6.45, 7) is 6.83. The van der Waals surface area contributed by atoms with E-state index in [1.807, 2.05) is 20.8 Å². The number of aromatic amines is 1. The number of aliphatic hydroxyl groups excluding tert-OH is 2. The van der Waals surface area contributed by atoms with E-state index in [-0.39, 0.29) is 53.9 Å². The highest BCUT2D eigenvalue weighted by atomic mass is 16.4. The number of nitrogens with two attached hydrogens (primary N) is 1. The van der Waals surface area contributed by atoms with E-state index in [1.165, 1.54) is 23.1 Å². The van der Waals surface area contributed by atoms with Gasteiger partial charge in [-0.3, -0.25) is 24.2 Å². The lowest BCUT2D eigenvalue weighted by Gasteiger charge is -2.34. The Morgan fingerprint density at radius 1 is 1.14 bits per heavy atom. The molecule has 0 aliphatic carbocycles. The van der Waals surface area contributed by atoms with Gasteiger partial charge in [-0.1, -0.05) is 6.07 Å². The zero-order valence-electron chi connectivity index (χ0n) is 28.3. The molecule has 0 unspecified atom stereocenters. The molecule has 51 heavy (non-hydrogen) atoms. The van der Waals surface area contributed by atoms with Gasteiger partial charge in [0.1, 0.15) is 11.8 Å². The van der Waals surface area contributed by atoms with E-state index in [2.05, 4.69) is 31.2 Å². The summed E-state index contributed by atoms with van der Waals surface area (Å²) in [4.78, 5) is 65.7. The summed E-state index contributed by atoms with van der Waals surface area (Å²) in [7, 11) is 0. The van der Waals surface area contributed by atoms with Crippen molar-refractivity contribution in [1.29, 1.82) is 0 Å². The van der Waals surface area contributed by atoms with Crippen molar-refractivity contribution in [2.24, 2.45) is 0 Å². The monoisotopic (exact) mass is 712 g/mol. The zero-order chi connectivity index (χ0) is 37.9. The van der Waals surface area contributed by atoms with Crippen LogP contribution in [0.3, 0.4) is 0 Å². The molecule has 1 aliphatic heterocycles. The number of hydrogen-bond donors (Lipinski definition) is 11. The molecule has 3 atom stereocenters. The first kappa shape index (κ1) is 39.7. The Bertz CT molecular complexity index is 1740. The van der Waals surface area contributed by atoms with E-state index in [9.17, 15) is 39.3 Å². The maximum atomic E-state index is 12.3. The maximum Gasteiger partial charge on any atom is 0.326 e. The van der Waals surface area contributed by atoms with Gasteiger partial charge in [0.25, 0.3) is 11.5 Å². The molecule has 2 aromatic carbocycles. The topological polar surface area (TPSA) is 293 Å². The fourth-order valence-electron chi connectivity index (χ4n) is 4.85. The summed E-state index contributed by atoms with van der Waals surface area (Å²) < 4.78 is 0. The Balaban J connectivity index is 0.000000347. The van der Waals surface area contributed by atoms with Gasteiger partial charge in [0.2, 0.25) is 12.4 Å². The molecule has 2 heterocycles. The maximum absolute atomic E-state index is 12.3. The second-order valence-corrected chi connectivity index (χ2v) is 12.6. The van der Waals surface area contributed by atoms with Crippen LogP contribution in [-0.4, -0.2) is 97.0 Å². The van der Waals surface area contributed by atoms with Crippen LogP contribution in [0.2, 0.25) is 0 Å². The molecule has 1 aliphatic rings. The first-order valence-electron chi connectivity index (χ1n) is 15.8.